The van der Waals surface area contributed by atoms with Crippen LogP contribution >= 0.6 is 15.9 Å². The lowest BCUT2D eigenvalue weighted by Crippen LogP contribution is -2.28. The summed E-state index contributed by atoms with van der Waals surface area (Å²) in [6, 6.07) is 24.2. The minimum atomic E-state index is -0.374. The molecule has 1 saturated heterocycles. The Morgan fingerprint density at radius 1 is 0.931 bits per heavy atom. The number of hydrogen-bond acceptors (Lipinski definition) is 3. The molecule has 1 aliphatic heterocycles. The molecule has 0 aromatic heterocycles. The summed E-state index contributed by atoms with van der Waals surface area (Å²) in [6.07, 6.45) is 0.214. The summed E-state index contributed by atoms with van der Waals surface area (Å²) in [5.41, 5.74) is 1.49. The Bertz CT molecular complexity index is 1000. The second kappa shape index (κ2) is 8.49. The molecule has 2 amide bonds. The Kier molecular flexibility index (Phi) is 5.62. The van der Waals surface area contributed by atoms with E-state index in [1.807, 2.05) is 54.6 Å². The topological polar surface area (TPSA) is 58.6 Å². The molecule has 6 heteroatoms. The Labute approximate surface area is 177 Å². The van der Waals surface area contributed by atoms with E-state index in [0.717, 1.165) is 15.9 Å². The second-order valence-electron chi connectivity index (χ2n) is 6.81. The van der Waals surface area contributed by atoms with Gasteiger partial charge in [-0.05, 0) is 60.7 Å². The average molecular weight is 451 g/mol. The number of nitrogens with zero attached hydrogens (tertiary/aromatic N) is 1. The quantitative estimate of drug-likeness (QED) is 0.578. The third-order valence-electron chi connectivity index (χ3n) is 4.73. The third kappa shape index (κ3) is 4.66. The summed E-state index contributed by atoms with van der Waals surface area (Å²) in [5.74, 6) is 0.849. The van der Waals surface area contributed by atoms with E-state index in [4.69, 9.17) is 4.74 Å². The number of para-hydroxylation sites is 1. The van der Waals surface area contributed by atoms with Gasteiger partial charge >= 0.3 is 0 Å². The summed E-state index contributed by atoms with van der Waals surface area (Å²) < 4.78 is 6.77. The molecule has 1 atom stereocenters. The standard InChI is InChI=1S/C23H19BrN2O3/c24-17-6-10-20(11-7-17)29-21-12-8-18(9-13-21)25-23(28)16-14-22(27)26(15-16)19-4-2-1-3-5-19/h1-13,16H,14-15H2,(H,25,28)/t16-/m1/s1. The highest BCUT2D eigenvalue weighted by atomic mass is 79.9. The van der Waals surface area contributed by atoms with Crippen LogP contribution in [0.1, 0.15) is 6.42 Å². The largest absolute Gasteiger partial charge is 0.457 e. The molecule has 0 aliphatic carbocycles. The lowest BCUT2D eigenvalue weighted by Gasteiger charge is -2.16. The molecular formula is C23H19BrN2O3. The number of amides is 2. The molecule has 0 saturated carbocycles. The fourth-order valence-corrected chi connectivity index (χ4v) is 3.49. The zero-order valence-electron chi connectivity index (χ0n) is 15.5. The molecule has 0 spiro atoms. The van der Waals surface area contributed by atoms with Crippen LogP contribution in [0.15, 0.2) is 83.3 Å². The summed E-state index contributed by atoms with van der Waals surface area (Å²) in [6.45, 7) is 0.388. The molecular weight excluding hydrogens is 432 g/mol. The smallest absolute Gasteiger partial charge is 0.229 e. The molecule has 29 heavy (non-hydrogen) atoms. The van der Waals surface area contributed by atoms with Crippen molar-refractivity contribution >= 4 is 39.1 Å². The first-order valence-electron chi connectivity index (χ1n) is 9.28. The van der Waals surface area contributed by atoms with Crippen LogP contribution in [0.25, 0.3) is 0 Å². The molecule has 1 heterocycles. The number of rotatable bonds is 5. The highest BCUT2D eigenvalue weighted by Gasteiger charge is 2.35. The SMILES string of the molecule is O=C(Nc1ccc(Oc2ccc(Br)cc2)cc1)[C@@H]1CC(=O)N(c2ccccc2)C1. The third-order valence-corrected chi connectivity index (χ3v) is 5.26. The fourth-order valence-electron chi connectivity index (χ4n) is 3.23. The zero-order valence-corrected chi connectivity index (χ0v) is 17.1. The van der Waals surface area contributed by atoms with Gasteiger partial charge in [0.05, 0.1) is 5.92 Å². The van der Waals surface area contributed by atoms with Gasteiger partial charge in [0.2, 0.25) is 11.8 Å². The lowest BCUT2D eigenvalue weighted by atomic mass is 10.1. The van der Waals surface area contributed by atoms with Gasteiger partial charge in [-0.25, -0.2) is 0 Å². The van der Waals surface area contributed by atoms with Gasteiger partial charge in [-0.1, -0.05) is 34.1 Å². The van der Waals surface area contributed by atoms with Crippen LogP contribution < -0.4 is 15.0 Å². The van der Waals surface area contributed by atoms with Crippen molar-refractivity contribution in [2.24, 2.45) is 5.92 Å². The normalized spacial score (nSPS) is 16.0. The van der Waals surface area contributed by atoms with Crippen LogP contribution in [0.3, 0.4) is 0 Å². The number of anilines is 2. The van der Waals surface area contributed by atoms with Crippen molar-refractivity contribution in [1.82, 2.24) is 0 Å². The molecule has 1 N–H and O–H groups in total. The van der Waals surface area contributed by atoms with Crippen molar-refractivity contribution in [3.05, 3.63) is 83.3 Å². The Morgan fingerprint density at radius 3 is 2.21 bits per heavy atom. The van der Waals surface area contributed by atoms with Gasteiger partial charge in [0.1, 0.15) is 11.5 Å². The van der Waals surface area contributed by atoms with Crippen molar-refractivity contribution in [3.63, 3.8) is 0 Å². The van der Waals surface area contributed by atoms with Gasteiger partial charge in [0, 0.05) is 28.8 Å². The van der Waals surface area contributed by atoms with Gasteiger partial charge in [-0.2, -0.15) is 0 Å². The molecule has 0 bridgehead atoms. The minimum absolute atomic E-state index is 0.0328. The van der Waals surface area contributed by atoms with Gasteiger partial charge < -0.3 is 15.0 Å². The number of benzene rings is 3. The minimum Gasteiger partial charge on any atom is -0.457 e. The molecule has 146 valence electrons. The fraction of sp³-hybridized carbons (Fsp3) is 0.130. The van der Waals surface area contributed by atoms with E-state index in [2.05, 4.69) is 21.2 Å². The molecule has 3 aromatic carbocycles. The monoisotopic (exact) mass is 450 g/mol. The number of halogens is 1. The molecule has 1 aliphatic rings. The second-order valence-corrected chi connectivity index (χ2v) is 7.73. The van der Waals surface area contributed by atoms with Crippen LogP contribution in [0.5, 0.6) is 11.5 Å². The highest BCUT2D eigenvalue weighted by Crippen LogP contribution is 2.27. The first kappa shape index (κ1) is 19.2. The lowest BCUT2D eigenvalue weighted by molar-refractivity contribution is -0.122. The number of ether oxygens (including phenoxy) is 1. The maximum absolute atomic E-state index is 12.6. The van der Waals surface area contributed by atoms with E-state index in [9.17, 15) is 9.59 Å². The predicted molar refractivity (Wildman–Crippen MR) is 116 cm³/mol. The summed E-state index contributed by atoms with van der Waals surface area (Å²) in [4.78, 5) is 26.6. The molecule has 4 rings (SSSR count). The van der Waals surface area contributed by atoms with Crippen molar-refractivity contribution < 1.29 is 14.3 Å². The van der Waals surface area contributed by atoms with Crippen LogP contribution in [0, 0.1) is 5.92 Å². The van der Waals surface area contributed by atoms with E-state index in [0.29, 0.717) is 18.0 Å². The number of carbonyl (C=O) groups excluding carboxylic acids is 2. The maximum atomic E-state index is 12.6. The van der Waals surface area contributed by atoms with E-state index in [1.165, 1.54) is 0 Å². The van der Waals surface area contributed by atoms with Gasteiger partial charge in [-0.15, -0.1) is 0 Å². The Hall–Kier alpha value is -3.12. The van der Waals surface area contributed by atoms with E-state index in [-0.39, 0.29) is 24.2 Å². The van der Waals surface area contributed by atoms with E-state index < -0.39 is 0 Å². The highest BCUT2D eigenvalue weighted by molar-refractivity contribution is 9.10. The van der Waals surface area contributed by atoms with Crippen molar-refractivity contribution in [1.29, 1.82) is 0 Å². The molecule has 1 fully saturated rings. The van der Waals surface area contributed by atoms with Crippen molar-refractivity contribution in [3.8, 4) is 11.5 Å². The summed E-state index contributed by atoms with van der Waals surface area (Å²) in [5, 5.41) is 2.90. The van der Waals surface area contributed by atoms with Crippen LogP contribution in [-0.4, -0.2) is 18.4 Å². The summed E-state index contributed by atoms with van der Waals surface area (Å²) in [7, 11) is 0. The Balaban J connectivity index is 1.36. The van der Waals surface area contributed by atoms with Gasteiger partial charge in [-0.3, -0.25) is 9.59 Å². The van der Waals surface area contributed by atoms with E-state index >= 15 is 0 Å². The van der Waals surface area contributed by atoms with Crippen molar-refractivity contribution in [2.45, 2.75) is 6.42 Å². The maximum Gasteiger partial charge on any atom is 0.229 e. The number of nitrogens with one attached hydrogen (secondary N) is 1. The number of carbonyl (C=O) groups is 2. The average Bonchev–Trinajstić information content (AvgIpc) is 3.14. The van der Waals surface area contributed by atoms with Crippen LogP contribution in [0.2, 0.25) is 0 Å². The van der Waals surface area contributed by atoms with Gasteiger partial charge in [0.25, 0.3) is 0 Å². The molecule has 5 nitrogen and oxygen atoms in total. The van der Waals surface area contributed by atoms with Gasteiger partial charge in [0.15, 0.2) is 0 Å². The van der Waals surface area contributed by atoms with Crippen LogP contribution in [0.4, 0.5) is 11.4 Å². The molecule has 0 radical (unpaired) electrons. The first-order valence-corrected chi connectivity index (χ1v) is 10.1. The Morgan fingerprint density at radius 2 is 1.55 bits per heavy atom. The summed E-state index contributed by atoms with van der Waals surface area (Å²) >= 11 is 3.39. The molecule has 0 unspecified atom stereocenters. The predicted octanol–water partition coefficient (Wildman–Crippen LogP) is 5.23. The molecule has 3 aromatic rings. The number of hydrogen-bond donors (Lipinski definition) is 1. The van der Waals surface area contributed by atoms with Crippen LogP contribution in [-0.2, 0) is 9.59 Å². The zero-order chi connectivity index (χ0) is 20.2. The van der Waals surface area contributed by atoms with E-state index in [1.54, 1.807) is 29.2 Å². The van der Waals surface area contributed by atoms with Crippen molar-refractivity contribution in [2.75, 3.05) is 16.8 Å². The first-order chi connectivity index (χ1) is 14.1.